The van der Waals surface area contributed by atoms with Gasteiger partial charge < -0.3 is 25.0 Å². The molecule has 0 aliphatic rings. The molecule has 0 radical (unpaired) electrons. The molecule has 34 heavy (non-hydrogen) atoms. The van der Waals surface area contributed by atoms with Crippen LogP contribution in [0.1, 0.15) is 44.7 Å². The molecule has 1 amide bonds. The van der Waals surface area contributed by atoms with Crippen molar-refractivity contribution < 1.29 is 37.7 Å². The molecular formula is C24H29ClF3NO5. The number of amides is 1. The molecule has 0 saturated heterocycles. The Morgan fingerprint density at radius 2 is 1.59 bits per heavy atom. The molecule has 188 valence electrons. The lowest BCUT2D eigenvalue weighted by molar-refractivity contribution is -0.137. The fraction of sp³-hybridized carbons (Fsp3) is 0.458. The van der Waals surface area contributed by atoms with Crippen LogP contribution in [0.25, 0.3) is 0 Å². The van der Waals surface area contributed by atoms with E-state index in [4.69, 9.17) is 21.1 Å². The molecule has 2 aromatic carbocycles. The maximum atomic E-state index is 12.7. The van der Waals surface area contributed by atoms with Crippen LogP contribution in [0.4, 0.5) is 18.0 Å². The van der Waals surface area contributed by atoms with Gasteiger partial charge in [-0.15, -0.1) is 0 Å². The van der Waals surface area contributed by atoms with E-state index in [0.717, 1.165) is 17.7 Å². The van der Waals surface area contributed by atoms with Crippen molar-refractivity contribution >= 4 is 17.7 Å². The third-order valence-electron chi connectivity index (χ3n) is 4.91. The summed E-state index contributed by atoms with van der Waals surface area (Å²) in [5, 5.41) is 22.5. The molecule has 0 aliphatic carbocycles. The summed E-state index contributed by atoms with van der Waals surface area (Å²) in [6, 6.07) is 9.25. The number of benzene rings is 2. The van der Waals surface area contributed by atoms with Crippen molar-refractivity contribution in [1.82, 2.24) is 5.32 Å². The second-order valence-electron chi connectivity index (χ2n) is 8.95. The Bertz CT molecular complexity index is 955. The fourth-order valence-electron chi connectivity index (χ4n) is 3.13. The molecule has 0 heterocycles. The summed E-state index contributed by atoms with van der Waals surface area (Å²) < 4.78 is 48.8. The maximum absolute atomic E-state index is 12.7. The number of aliphatic hydroxyl groups excluding tert-OH is 2. The molecule has 3 N–H and O–H groups in total. The van der Waals surface area contributed by atoms with E-state index in [-0.39, 0.29) is 12.2 Å². The number of rotatable bonds is 9. The van der Waals surface area contributed by atoms with Gasteiger partial charge in [-0.05, 0) is 82.0 Å². The number of nitrogens with one attached hydrogen (secondary N) is 1. The van der Waals surface area contributed by atoms with Gasteiger partial charge in [-0.2, -0.15) is 13.2 Å². The molecule has 0 atom stereocenters. The number of aryl methyl sites for hydroxylation is 1. The van der Waals surface area contributed by atoms with Gasteiger partial charge >= 0.3 is 12.3 Å². The van der Waals surface area contributed by atoms with Crippen LogP contribution in [0.3, 0.4) is 0 Å². The van der Waals surface area contributed by atoms with Crippen LogP contribution in [0.15, 0.2) is 42.5 Å². The van der Waals surface area contributed by atoms with E-state index in [9.17, 15) is 28.2 Å². The van der Waals surface area contributed by atoms with Gasteiger partial charge in [0.05, 0.1) is 24.3 Å². The molecule has 0 spiro atoms. The molecule has 2 aromatic rings. The number of aliphatic hydroxyl groups is 2. The number of alkyl carbamates (subject to hydrolysis) is 1. The van der Waals surface area contributed by atoms with Gasteiger partial charge in [0, 0.05) is 5.02 Å². The molecule has 0 unspecified atom stereocenters. The predicted octanol–water partition coefficient (Wildman–Crippen LogP) is 5.72. The average molecular weight is 504 g/mol. The Balaban J connectivity index is 1.97. The number of alkyl halides is 3. The van der Waals surface area contributed by atoms with Crippen LogP contribution in [-0.2, 0) is 17.3 Å². The van der Waals surface area contributed by atoms with Crippen LogP contribution in [0, 0.1) is 0 Å². The predicted molar refractivity (Wildman–Crippen MR) is 122 cm³/mol. The van der Waals surface area contributed by atoms with Gasteiger partial charge in [0.25, 0.3) is 0 Å². The van der Waals surface area contributed by atoms with Crippen molar-refractivity contribution in [2.24, 2.45) is 0 Å². The molecule has 0 bridgehead atoms. The Morgan fingerprint density at radius 3 is 2.09 bits per heavy atom. The van der Waals surface area contributed by atoms with Crippen molar-refractivity contribution in [2.75, 3.05) is 13.2 Å². The fourth-order valence-corrected chi connectivity index (χ4v) is 3.39. The second kappa shape index (κ2) is 11.3. The SMILES string of the molecule is CC(C)(C)OC(=O)NC(CO)(CO)CCCc1ccc(Oc2ccc(C(F)(F)F)cc2)cc1Cl. The van der Waals surface area contributed by atoms with Crippen LogP contribution in [0.5, 0.6) is 11.5 Å². The number of carbonyl (C=O) groups excluding carboxylic acids is 1. The standard InChI is InChI=1S/C24H29ClF3NO5/c1-22(2,3)34-21(32)29-23(14-30,15-31)12-4-5-16-6-9-19(13-20(16)25)33-18-10-7-17(8-11-18)24(26,27)28/h6-11,13,30-31H,4-5,12,14-15H2,1-3H3,(H,29,32). The van der Waals surface area contributed by atoms with Crippen molar-refractivity contribution in [3.8, 4) is 11.5 Å². The van der Waals surface area contributed by atoms with Crippen LogP contribution >= 0.6 is 11.6 Å². The normalized spacial score (nSPS) is 12.4. The highest BCUT2D eigenvalue weighted by Gasteiger charge is 2.32. The molecule has 0 aromatic heterocycles. The first kappa shape index (κ1) is 27.8. The molecule has 6 nitrogen and oxygen atoms in total. The Hall–Kier alpha value is -2.49. The van der Waals surface area contributed by atoms with Gasteiger partial charge in [-0.3, -0.25) is 0 Å². The Labute approximate surface area is 201 Å². The average Bonchev–Trinajstić information content (AvgIpc) is 2.73. The summed E-state index contributed by atoms with van der Waals surface area (Å²) in [5.74, 6) is 0.598. The quantitative estimate of drug-likeness (QED) is 0.407. The van der Waals surface area contributed by atoms with E-state index in [1.807, 2.05) is 0 Å². The highest BCUT2D eigenvalue weighted by Crippen LogP contribution is 2.32. The lowest BCUT2D eigenvalue weighted by Gasteiger charge is -2.32. The molecule has 0 fully saturated rings. The summed E-state index contributed by atoms with van der Waals surface area (Å²) >= 11 is 6.34. The Kier molecular flexibility index (Phi) is 9.22. The van der Waals surface area contributed by atoms with Crippen LogP contribution in [-0.4, -0.2) is 40.7 Å². The van der Waals surface area contributed by atoms with Gasteiger partial charge in [0.2, 0.25) is 0 Å². The van der Waals surface area contributed by atoms with E-state index in [0.29, 0.717) is 23.6 Å². The zero-order chi connectivity index (χ0) is 25.6. The number of hydrogen-bond acceptors (Lipinski definition) is 5. The van der Waals surface area contributed by atoms with Crippen LogP contribution < -0.4 is 10.1 Å². The van der Waals surface area contributed by atoms with Gasteiger partial charge in [-0.1, -0.05) is 17.7 Å². The molecule has 2 rings (SSSR count). The first-order chi connectivity index (χ1) is 15.8. The van der Waals surface area contributed by atoms with Gasteiger partial charge in [0.1, 0.15) is 17.1 Å². The van der Waals surface area contributed by atoms with E-state index in [2.05, 4.69) is 5.32 Å². The molecule has 0 saturated carbocycles. The summed E-state index contributed by atoms with van der Waals surface area (Å²) in [5.41, 5.74) is -1.97. The largest absolute Gasteiger partial charge is 0.457 e. The van der Waals surface area contributed by atoms with Crippen molar-refractivity contribution in [3.05, 3.63) is 58.6 Å². The maximum Gasteiger partial charge on any atom is 0.416 e. The van der Waals surface area contributed by atoms with E-state index >= 15 is 0 Å². The minimum absolute atomic E-state index is 0.237. The second-order valence-corrected chi connectivity index (χ2v) is 9.36. The highest BCUT2D eigenvalue weighted by molar-refractivity contribution is 6.31. The highest BCUT2D eigenvalue weighted by atomic mass is 35.5. The third-order valence-corrected chi connectivity index (χ3v) is 5.27. The lowest BCUT2D eigenvalue weighted by Crippen LogP contribution is -2.55. The van der Waals surface area contributed by atoms with Gasteiger partial charge in [0.15, 0.2) is 0 Å². The molecular weight excluding hydrogens is 475 g/mol. The van der Waals surface area contributed by atoms with Crippen molar-refractivity contribution in [3.63, 3.8) is 0 Å². The van der Waals surface area contributed by atoms with Gasteiger partial charge in [-0.25, -0.2) is 4.79 Å². The Morgan fingerprint density at radius 1 is 1.00 bits per heavy atom. The first-order valence-corrected chi connectivity index (χ1v) is 11.0. The summed E-state index contributed by atoms with van der Waals surface area (Å²) in [4.78, 5) is 12.1. The number of ether oxygens (including phenoxy) is 2. The summed E-state index contributed by atoms with van der Waals surface area (Å²) in [6.45, 7) is 4.17. The van der Waals surface area contributed by atoms with E-state index in [1.54, 1.807) is 39.0 Å². The third kappa shape index (κ3) is 8.38. The lowest BCUT2D eigenvalue weighted by atomic mass is 9.93. The molecule has 0 aliphatic heterocycles. The molecule has 10 heteroatoms. The monoisotopic (exact) mass is 503 g/mol. The number of hydrogen-bond donors (Lipinski definition) is 3. The minimum atomic E-state index is -4.42. The number of halogens is 4. The van der Waals surface area contributed by atoms with E-state index < -0.39 is 42.2 Å². The summed E-state index contributed by atoms with van der Waals surface area (Å²) in [7, 11) is 0. The zero-order valence-electron chi connectivity index (χ0n) is 19.2. The number of carbonyl (C=O) groups is 1. The topological polar surface area (TPSA) is 88.0 Å². The van der Waals surface area contributed by atoms with Crippen molar-refractivity contribution in [2.45, 2.75) is 57.3 Å². The summed E-state index contributed by atoms with van der Waals surface area (Å²) in [6.07, 6.45) is -3.93. The zero-order valence-corrected chi connectivity index (χ0v) is 20.0. The van der Waals surface area contributed by atoms with Crippen molar-refractivity contribution in [1.29, 1.82) is 0 Å². The minimum Gasteiger partial charge on any atom is -0.457 e. The van der Waals surface area contributed by atoms with Crippen LogP contribution in [0.2, 0.25) is 5.02 Å². The smallest absolute Gasteiger partial charge is 0.416 e. The van der Waals surface area contributed by atoms with E-state index in [1.165, 1.54) is 12.1 Å². The first-order valence-electron chi connectivity index (χ1n) is 10.6.